The van der Waals surface area contributed by atoms with E-state index < -0.39 is 0 Å². The molecule has 20 heavy (non-hydrogen) atoms. The second kappa shape index (κ2) is 9.58. The summed E-state index contributed by atoms with van der Waals surface area (Å²) in [5.74, 6) is 0.452. The Morgan fingerprint density at radius 2 is 1.90 bits per heavy atom. The largest absolute Gasteiger partial charge is 0.409 e. The molecule has 0 aliphatic carbocycles. The molecular formula is C14H30N4O2. The Bertz CT molecular complexity index is 312. The summed E-state index contributed by atoms with van der Waals surface area (Å²) < 4.78 is 0. The van der Waals surface area contributed by atoms with Gasteiger partial charge in [0, 0.05) is 31.5 Å². The van der Waals surface area contributed by atoms with Gasteiger partial charge in [-0.1, -0.05) is 19.0 Å². The fraction of sp³-hybridized carbons (Fsp3) is 0.857. The van der Waals surface area contributed by atoms with Gasteiger partial charge in [0.1, 0.15) is 5.84 Å². The van der Waals surface area contributed by atoms with Crippen molar-refractivity contribution in [2.45, 2.75) is 47.0 Å². The summed E-state index contributed by atoms with van der Waals surface area (Å²) >= 11 is 0. The zero-order valence-corrected chi connectivity index (χ0v) is 13.3. The summed E-state index contributed by atoms with van der Waals surface area (Å²) in [5, 5.41) is 15.0. The number of nitrogens with two attached hydrogens (primary N) is 1. The van der Waals surface area contributed by atoms with Crippen molar-refractivity contribution in [3.63, 3.8) is 0 Å². The highest BCUT2D eigenvalue weighted by Gasteiger charge is 2.22. The fourth-order valence-corrected chi connectivity index (χ4v) is 1.97. The Kier molecular flexibility index (Phi) is 8.96. The molecular weight excluding hydrogens is 256 g/mol. The number of carbonyl (C=O) groups is 1. The average molecular weight is 286 g/mol. The van der Waals surface area contributed by atoms with Crippen molar-refractivity contribution >= 4 is 11.7 Å². The summed E-state index contributed by atoms with van der Waals surface area (Å²) in [6, 6.07) is 0. The van der Waals surface area contributed by atoms with Crippen LogP contribution in [0.5, 0.6) is 0 Å². The minimum Gasteiger partial charge on any atom is -0.409 e. The highest BCUT2D eigenvalue weighted by atomic mass is 16.4. The smallest absolute Gasteiger partial charge is 0.223 e. The highest BCUT2D eigenvalue weighted by molar-refractivity contribution is 5.85. The second-order valence-electron chi connectivity index (χ2n) is 5.54. The van der Waals surface area contributed by atoms with E-state index in [4.69, 9.17) is 10.9 Å². The molecule has 0 radical (unpaired) electrons. The van der Waals surface area contributed by atoms with E-state index >= 15 is 0 Å². The minimum absolute atomic E-state index is 0.194. The Balaban J connectivity index is 3.76. The van der Waals surface area contributed by atoms with E-state index in [2.05, 4.69) is 10.5 Å². The molecule has 0 fully saturated rings. The summed E-state index contributed by atoms with van der Waals surface area (Å²) in [5.41, 5.74) is 5.33. The van der Waals surface area contributed by atoms with E-state index in [9.17, 15) is 4.79 Å². The SMILES string of the molecule is CCN(CC)C(=O)CCNCCCC(C)(C)C(N)=NO. The Hall–Kier alpha value is -1.30. The van der Waals surface area contributed by atoms with Gasteiger partial charge in [0.25, 0.3) is 0 Å². The summed E-state index contributed by atoms with van der Waals surface area (Å²) in [7, 11) is 0. The molecule has 0 saturated heterocycles. The summed E-state index contributed by atoms with van der Waals surface area (Å²) in [6.07, 6.45) is 2.29. The predicted molar refractivity (Wildman–Crippen MR) is 81.8 cm³/mol. The molecule has 0 aromatic carbocycles. The van der Waals surface area contributed by atoms with Gasteiger partial charge < -0.3 is 21.2 Å². The van der Waals surface area contributed by atoms with Gasteiger partial charge in [0.15, 0.2) is 0 Å². The van der Waals surface area contributed by atoms with Gasteiger partial charge >= 0.3 is 0 Å². The van der Waals surface area contributed by atoms with Crippen molar-refractivity contribution in [2.75, 3.05) is 26.2 Å². The van der Waals surface area contributed by atoms with E-state index in [-0.39, 0.29) is 17.2 Å². The van der Waals surface area contributed by atoms with Crippen LogP contribution in [-0.2, 0) is 4.79 Å². The third-order valence-corrected chi connectivity index (χ3v) is 3.59. The van der Waals surface area contributed by atoms with Crippen LogP contribution in [0.1, 0.15) is 47.0 Å². The maximum absolute atomic E-state index is 11.8. The van der Waals surface area contributed by atoms with Gasteiger partial charge in [-0.05, 0) is 33.2 Å². The number of rotatable bonds is 10. The summed E-state index contributed by atoms with van der Waals surface area (Å²) in [6.45, 7) is 10.9. The zero-order chi connectivity index (χ0) is 15.6. The van der Waals surface area contributed by atoms with Gasteiger partial charge in [-0.3, -0.25) is 4.79 Å². The number of carbonyl (C=O) groups excluding carboxylic acids is 1. The van der Waals surface area contributed by atoms with Gasteiger partial charge in [-0.25, -0.2) is 0 Å². The molecule has 0 aromatic heterocycles. The lowest BCUT2D eigenvalue weighted by Gasteiger charge is -2.22. The van der Waals surface area contributed by atoms with E-state index in [0.29, 0.717) is 13.0 Å². The van der Waals surface area contributed by atoms with Crippen LogP contribution in [0.25, 0.3) is 0 Å². The van der Waals surface area contributed by atoms with Crippen molar-refractivity contribution in [1.82, 2.24) is 10.2 Å². The highest BCUT2D eigenvalue weighted by Crippen LogP contribution is 2.21. The predicted octanol–water partition coefficient (Wildman–Crippen LogP) is 1.39. The number of hydrogen-bond acceptors (Lipinski definition) is 4. The lowest BCUT2D eigenvalue weighted by molar-refractivity contribution is -0.130. The monoisotopic (exact) mass is 286 g/mol. The molecule has 0 spiro atoms. The number of amides is 1. The number of nitrogens with zero attached hydrogens (tertiary/aromatic N) is 2. The number of amidine groups is 1. The van der Waals surface area contributed by atoms with Crippen LogP contribution in [-0.4, -0.2) is 48.0 Å². The van der Waals surface area contributed by atoms with E-state index in [0.717, 1.165) is 32.5 Å². The maximum Gasteiger partial charge on any atom is 0.223 e. The molecule has 0 atom stereocenters. The lowest BCUT2D eigenvalue weighted by Crippen LogP contribution is -2.34. The van der Waals surface area contributed by atoms with Crippen molar-refractivity contribution < 1.29 is 10.0 Å². The molecule has 0 aliphatic rings. The van der Waals surface area contributed by atoms with Crippen LogP contribution in [0.2, 0.25) is 0 Å². The van der Waals surface area contributed by atoms with Crippen molar-refractivity contribution in [3.8, 4) is 0 Å². The molecule has 4 N–H and O–H groups in total. The Morgan fingerprint density at radius 1 is 1.30 bits per heavy atom. The first-order valence-corrected chi connectivity index (χ1v) is 7.35. The molecule has 1 amide bonds. The van der Waals surface area contributed by atoms with Crippen molar-refractivity contribution in [3.05, 3.63) is 0 Å². The molecule has 118 valence electrons. The molecule has 0 aliphatic heterocycles. The zero-order valence-electron chi connectivity index (χ0n) is 13.3. The molecule has 0 unspecified atom stereocenters. The standard InChI is InChI=1S/C14H30N4O2/c1-5-18(6-2)12(19)8-11-16-10-7-9-14(3,4)13(15)17-20/h16,20H,5-11H2,1-4H3,(H2,15,17). The third kappa shape index (κ3) is 6.75. The maximum atomic E-state index is 11.8. The number of hydrogen-bond donors (Lipinski definition) is 3. The molecule has 0 rings (SSSR count). The Morgan fingerprint density at radius 3 is 2.40 bits per heavy atom. The summed E-state index contributed by atoms with van der Waals surface area (Å²) in [4.78, 5) is 13.6. The average Bonchev–Trinajstić information content (AvgIpc) is 2.42. The fourth-order valence-electron chi connectivity index (χ4n) is 1.97. The van der Waals surface area contributed by atoms with Crippen LogP contribution in [0.3, 0.4) is 0 Å². The van der Waals surface area contributed by atoms with E-state index in [1.54, 1.807) is 0 Å². The number of oxime groups is 1. The second-order valence-corrected chi connectivity index (χ2v) is 5.54. The molecule has 0 saturated carbocycles. The molecule has 6 heteroatoms. The first-order chi connectivity index (χ1) is 9.38. The van der Waals surface area contributed by atoms with Crippen LogP contribution in [0, 0.1) is 5.41 Å². The van der Waals surface area contributed by atoms with Crippen LogP contribution >= 0.6 is 0 Å². The van der Waals surface area contributed by atoms with Crippen molar-refractivity contribution in [2.24, 2.45) is 16.3 Å². The third-order valence-electron chi connectivity index (χ3n) is 3.59. The number of nitrogens with one attached hydrogen (secondary N) is 1. The first kappa shape index (κ1) is 18.7. The van der Waals surface area contributed by atoms with Crippen LogP contribution < -0.4 is 11.1 Å². The molecule has 0 aromatic rings. The molecule has 0 heterocycles. The minimum atomic E-state index is -0.298. The topological polar surface area (TPSA) is 91.0 Å². The Labute approximate surface area is 122 Å². The van der Waals surface area contributed by atoms with Gasteiger partial charge in [0.2, 0.25) is 5.91 Å². The van der Waals surface area contributed by atoms with Gasteiger partial charge in [-0.15, -0.1) is 0 Å². The van der Waals surface area contributed by atoms with Crippen molar-refractivity contribution in [1.29, 1.82) is 0 Å². The normalized spacial score (nSPS) is 12.5. The van der Waals surface area contributed by atoms with E-state index in [1.807, 2.05) is 32.6 Å². The molecule has 6 nitrogen and oxygen atoms in total. The lowest BCUT2D eigenvalue weighted by atomic mass is 9.86. The quantitative estimate of drug-likeness (QED) is 0.186. The van der Waals surface area contributed by atoms with Gasteiger partial charge in [0.05, 0.1) is 0 Å². The van der Waals surface area contributed by atoms with Crippen LogP contribution in [0.4, 0.5) is 0 Å². The van der Waals surface area contributed by atoms with Gasteiger partial charge in [-0.2, -0.15) is 0 Å². The first-order valence-electron chi connectivity index (χ1n) is 7.35. The van der Waals surface area contributed by atoms with E-state index in [1.165, 1.54) is 0 Å². The van der Waals surface area contributed by atoms with Crippen LogP contribution in [0.15, 0.2) is 5.16 Å². The molecule has 0 bridgehead atoms.